The first kappa shape index (κ1) is 30.0. The number of benzene rings is 3. The number of halogens is 1. The fourth-order valence-electron chi connectivity index (χ4n) is 4.30. The minimum Gasteiger partial charge on any atom is -0.495 e. The first-order valence-corrected chi connectivity index (χ1v) is 15.0. The lowest BCUT2D eigenvalue weighted by Gasteiger charge is -2.25. The SMILES string of the molecule is CCOc1ccc(N(CC(=O)NCCCNc2ccnc3cc(Cl)ccc23)S(=O)(=O)c2cc(C)ccc2OC)cc1. The highest BCUT2D eigenvalue weighted by atomic mass is 35.5. The van der Waals surface area contributed by atoms with E-state index in [4.69, 9.17) is 21.1 Å². The van der Waals surface area contributed by atoms with Gasteiger partial charge < -0.3 is 20.1 Å². The number of hydrogen-bond acceptors (Lipinski definition) is 7. The van der Waals surface area contributed by atoms with Crippen molar-refractivity contribution in [2.75, 3.05) is 43.0 Å². The first-order chi connectivity index (χ1) is 19.7. The van der Waals surface area contributed by atoms with Crippen molar-refractivity contribution < 1.29 is 22.7 Å². The van der Waals surface area contributed by atoms with Crippen LogP contribution in [0.5, 0.6) is 11.5 Å². The highest BCUT2D eigenvalue weighted by Gasteiger charge is 2.30. The number of fused-ring (bicyclic) bond motifs is 1. The van der Waals surface area contributed by atoms with Crippen LogP contribution in [-0.2, 0) is 14.8 Å². The lowest BCUT2D eigenvalue weighted by Crippen LogP contribution is -2.41. The Hall–Kier alpha value is -4.02. The maximum absolute atomic E-state index is 13.9. The van der Waals surface area contributed by atoms with Gasteiger partial charge in [-0.3, -0.25) is 14.1 Å². The number of carbonyl (C=O) groups is 1. The number of rotatable bonds is 13. The molecule has 0 atom stereocenters. The predicted octanol–water partition coefficient (Wildman–Crippen LogP) is 5.42. The molecule has 1 heterocycles. The van der Waals surface area contributed by atoms with E-state index in [9.17, 15) is 13.2 Å². The van der Waals surface area contributed by atoms with Gasteiger partial charge in [-0.1, -0.05) is 17.7 Å². The molecule has 0 aliphatic rings. The van der Waals surface area contributed by atoms with Gasteiger partial charge in [-0.05, 0) is 86.5 Å². The summed E-state index contributed by atoms with van der Waals surface area (Å²) in [6.07, 6.45) is 2.33. The molecule has 1 aromatic heterocycles. The van der Waals surface area contributed by atoms with E-state index in [0.29, 0.717) is 42.6 Å². The third-order valence-electron chi connectivity index (χ3n) is 6.31. The maximum Gasteiger partial charge on any atom is 0.268 e. The fourth-order valence-corrected chi connectivity index (χ4v) is 6.13. The first-order valence-electron chi connectivity index (χ1n) is 13.2. The van der Waals surface area contributed by atoms with E-state index in [1.165, 1.54) is 13.2 Å². The second-order valence-electron chi connectivity index (χ2n) is 9.24. The molecule has 0 radical (unpaired) electrons. The average molecular weight is 597 g/mol. The van der Waals surface area contributed by atoms with Crippen LogP contribution in [0.4, 0.5) is 11.4 Å². The molecule has 4 aromatic rings. The lowest BCUT2D eigenvalue weighted by molar-refractivity contribution is -0.119. The molecule has 0 fully saturated rings. The molecule has 3 aromatic carbocycles. The number of aromatic nitrogens is 1. The van der Waals surface area contributed by atoms with Crippen molar-refractivity contribution in [2.45, 2.75) is 25.2 Å². The van der Waals surface area contributed by atoms with Crippen LogP contribution in [0.25, 0.3) is 10.9 Å². The molecule has 0 saturated heterocycles. The molecule has 9 nitrogen and oxygen atoms in total. The number of aryl methyl sites for hydroxylation is 1. The van der Waals surface area contributed by atoms with E-state index < -0.39 is 22.5 Å². The zero-order chi connectivity index (χ0) is 29.4. The van der Waals surface area contributed by atoms with Crippen molar-refractivity contribution in [1.82, 2.24) is 10.3 Å². The van der Waals surface area contributed by atoms with Gasteiger partial charge >= 0.3 is 0 Å². The Bertz CT molecular complexity index is 1610. The second kappa shape index (κ2) is 13.6. The van der Waals surface area contributed by atoms with Crippen molar-refractivity contribution in [3.8, 4) is 11.5 Å². The molecule has 0 spiro atoms. The van der Waals surface area contributed by atoms with Crippen LogP contribution >= 0.6 is 11.6 Å². The highest BCUT2D eigenvalue weighted by Crippen LogP contribution is 2.31. The van der Waals surface area contributed by atoms with E-state index in [-0.39, 0.29) is 10.6 Å². The Labute approximate surface area is 245 Å². The molecule has 0 bridgehead atoms. The van der Waals surface area contributed by atoms with E-state index >= 15 is 0 Å². The molecule has 1 amide bonds. The maximum atomic E-state index is 13.9. The minimum atomic E-state index is -4.16. The summed E-state index contributed by atoms with van der Waals surface area (Å²) in [5.74, 6) is 0.366. The largest absolute Gasteiger partial charge is 0.495 e. The number of methoxy groups -OCH3 is 1. The minimum absolute atomic E-state index is 0.0169. The molecule has 4 rings (SSSR count). The molecule has 11 heteroatoms. The van der Waals surface area contributed by atoms with Crippen molar-refractivity contribution in [3.05, 3.63) is 83.5 Å². The Balaban J connectivity index is 1.45. The fraction of sp³-hybridized carbons (Fsp3) is 0.267. The highest BCUT2D eigenvalue weighted by molar-refractivity contribution is 7.93. The molecular weight excluding hydrogens is 564 g/mol. The molecule has 0 aliphatic carbocycles. The Kier molecular flexibility index (Phi) is 9.91. The van der Waals surface area contributed by atoms with Crippen LogP contribution in [-0.4, -0.2) is 52.7 Å². The summed E-state index contributed by atoms with van der Waals surface area (Å²) >= 11 is 6.07. The number of sulfonamides is 1. The van der Waals surface area contributed by atoms with Crippen molar-refractivity contribution in [2.24, 2.45) is 0 Å². The Morgan fingerprint density at radius 2 is 1.80 bits per heavy atom. The average Bonchev–Trinajstić information content (AvgIpc) is 2.96. The zero-order valence-corrected chi connectivity index (χ0v) is 24.8. The van der Waals surface area contributed by atoms with Gasteiger partial charge in [-0.25, -0.2) is 8.42 Å². The Morgan fingerprint density at radius 1 is 1.02 bits per heavy atom. The smallest absolute Gasteiger partial charge is 0.268 e. The standard InChI is InChI=1S/C30H33ClN4O5S/c1-4-40-24-10-8-23(9-11-24)35(41(37,38)29-18-21(2)6-13-28(29)39-3)20-30(36)34-16-5-15-32-26-14-17-33-27-19-22(31)7-12-25(26)27/h6-14,17-19H,4-5,15-16,20H2,1-3H3,(H,32,33)(H,34,36). The lowest BCUT2D eigenvalue weighted by atomic mass is 10.2. The number of nitrogens with one attached hydrogen (secondary N) is 2. The molecule has 0 saturated carbocycles. The van der Waals surface area contributed by atoms with Crippen LogP contribution in [0.2, 0.25) is 5.02 Å². The van der Waals surface area contributed by atoms with Crippen LogP contribution < -0.4 is 24.4 Å². The molecular formula is C30H33ClN4O5S. The van der Waals surface area contributed by atoms with Gasteiger partial charge in [-0.15, -0.1) is 0 Å². The predicted molar refractivity (Wildman–Crippen MR) is 163 cm³/mol. The van der Waals surface area contributed by atoms with Crippen molar-refractivity contribution >= 4 is 49.8 Å². The molecule has 0 unspecified atom stereocenters. The van der Waals surface area contributed by atoms with Gasteiger partial charge in [-0.2, -0.15) is 0 Å². The van der Waals surface area contributed by atoms with Gasteiger partial charge in [0.05, 0.1) is 24.9 Å². The van der Waals surface area contributed by atoms with E-state index in [2.05, 4.69) is 15.6 Å². The topological polar surface area (TPSA) is 110 Å². The van der Waals surface area contributed by atoms with Gasteiger partial charge in [0.2, 0.25) is 5.91 Å². The number of ether oxygens (including phenoxy) is 2. The number of anilines is 2. The van der Waals surface area contributed by atoms with Crippen LogP contribution in [0.3, 0.4) is 0 Å². The van der Waals surface area contributed by atoms with Gasteiger partial charge in [0, 0.05) is 35.4 Å². The molecule has 2 N–H and O–H groups in total. The van der Waals surface area contributed by atoms with Gasteiger partial charge in [0.25, 0.3) is 10.0 Å². The molecule has 41 heavy (non-hydrogen) atoms. The monoisotopic (exact) mass is 596 g/mol. The summed E-state index contributed by atoms with van der Waals surface area (Å²) in [5, 5.41) is 7.76. The van der Waals surface area contributed by atoms with Gasteiger partial charge in [0.1, 0.15) is 22.9 Å². The van der Waals surface area contributed by atoms with E-state index in [1.807, 2.05) is 25.1 Å². The van der Waals surface area contributed by atoms with Crippen LogP contribution in [0.1, 0.15) is 18.9 Å². The summed E-state index contributed by atoms with van der Waals surface area (Å²) in [4.78, 5) is 17.3. The normalized spacial score (nSPS) is 11.2. The summed E-state index contributed by atoms with van der Waals surface area (Å²) < 4.78 is 39.7. The van der Waals surface area contributed by atoms with Crippen molar-refractivity contribution in [3.63, 3.8) is 0 Å². The number of pyridine rings is 1. The van der Waals surface area contributed by atoms with Crippen molar-refractivity contribution in [1.29, 1.82) is 0 Å². The van der Waals surface area contributed by atoms with E-state index in [1.54, 1.807) is 55.6 Å². The van der Waals surface area contributed by atoms with Crippen LogP contribution in [0, 0.1) is 6.92 Å². The number of carbonyl (C=O) groups excluding carboxylic acids is 1. The molecule has 0 aliphatic heterocycles. The third-order valence-corrected chi connectivity index (χ3v) is 8.34. The number of hydrogen-bond donors (Lipinski definition) is 2. The second-order valence-corrected chi connectivity index (χ2v) is 11.5. The van der Waals surface area contributed by atoms with Gasteiger partial charge in [0.15, 0.2) is 0 Å². The number of amides is 1. The summed E-state index contributed by atoms with van der Waals surface area (Å²) in [7, 11) is -2.74. The number of nitrogens with zero attached hydrogens (tertiary/aromatic N) is 2. The zero-order valence-electron chi connectivity index (χ0n) is 23.2. The summed E-state index contributed by atoms with van der Waals surface area (Å²) in [6, 6.07) is 18.9. The quantitative estimate of drug-likeness (QED) is 0.198. The third kappa shape index (κ3) is 7.39. The summed E-state index contributed by atoms with van der Waals surface area (Å²) in [5.41, 5.74) is 2.78. The Morgan fingerprint density at radius 3 is 2.54 bits per heavy atom. The molecule has 216 valence electrons. The van der Waals surface area contributed by atoms with E-state index in [0.717, 1.165) is 26.5 Å². The van der Waals surface area contributed by atoms with Crippen LogP contribution in [0.15, 0.2) is 77.8 Å². The summed E-state index contributed by atoms with van der Waals surface area (Å²) in [6.45, 7) is 4.67.